The van der Waals surface area contributed by atoms with Crippen LogP contribution in [-0.4, -0.2) is 58.9 Å². The summed E-state index contributed by atoms with van der Waals surface area (Å²) in [4.78, 5) is 44.8. The number of methoxy groups -OCH3 is 1. The zero-order valence-corrected chi connectivity index (χ0v) is 22.4. The predicted molar refractivity (Wildman–Crippen MR) is 142 cm³/mol. The highest BCUT2D eigenvalue weighted by molar-refractivity contribution is 6.02. The van der Waals surface area contributed by atoms with Crippen LogP contribution in [0.25, 0.3) is 10.9 Å². The monoisotopic (exact) mass is 519 g/mol. The van der Waals surface area contributed by atoms with Crippen molar-refractivity contribution in [2.24, 2.45) is 11.3 Å². The minimum Gasteiger partial charge on any atom is -0.496 e. The molecule has 2 aliphatic heterocycles. The number of ether oxygens (including phenoxy) is 1. The minimum atomic E-state index is -0.802. The average Bonchev–Trinajstić information content (AvgIpc) is 3.56. The Morgan fingerprint density at radius 2 is 2.00 bits per heavy atom. The van der Waals surface area contributed by atoms with Crippen LogP contribution in [0.4, 0.5) is 0 Å². The van der Waals surface area contributed by atoms with Gasteiger partial charge in [0.1, 0.15) is 23.5 Å². The molecule has 2 saturated heterocycles. The summed E-state index contributed by atoms with van der Waals surface area (Å²) in [5, 5.41) is 16.5. The fraction of sp³-hybridized carbons (Fsp3) is 0.586. The third-order valence-corrected chi connectivity index (χ3v) is 8.64. The maximum Gasteiger partial charge on any atom is 0.271 e. The molecule has 3 atom stereocenters. The Hall–Kier alpha value is -3.54. The van der Waals surface area contributed by atoms with Gasteiger partial charge in [0.2, 0.25) is 11.8 Å². The lowest BCUT2D eigenvalue weighted by Crippen LogP contribution is -2.49. The largest absolute Gasteiger partial charge is 0.496 e. The van der Waals surface area contributed by atoms with Crippen molar-refractivity contribution < 1.29 is 19.1 Å². The highest BCUT2D eigenvalue weighted by Crippen LogP contribution is 2.47. The summed E-state index contributed by atoms with van der Waals surface area (Å²) in [5.41, 5.74) is 0.798. The molecule has 2 aromatic rings. The Labute approximate surface area is 223 Å². The molecule has 1 spiro atoms. The van der Waals surface area contributed by atoms with Crippen LogP contribution in [0.3, 0.4) is 0 Å². The van der Waals surface area contributed by atoms with Crippen molar-refractivity contribution in [1.82, 2.24) is 20.5 Å². The molecule has 3 unspecified atom stereocenters. The topological polar surface area (TPSA) is 127 Å². The number of amides is 3. The SMILES string of the molecule is COc1cccc2[nH]c(C(=O)N3CC4(CCCCC4)CC3C(=O)NC(C#N)CC3CC(C)(C)NC3=O)cc12. The summed E-state index contributed by atoms with van der Waals surface area (Å²) in [6.07, 6.45) is 6.78. The summed E-state index contributed by atoms with van der Waals surface area (Å²) in [7, 11) is 1.60. The summed E-state index contributed by atoms with van der Waals surface area (Å²) >= 11 is 0. The number of nitrogens with zero attached hydrogens (tertiary/aromatic N) is 2. The standard InChI is InChI=1S/C29H37N5O4/c1-28(2)14-18(25(35)33-28)12-19(16-30)31-26(36)23-15-29(10-5-4-6-11-29)17-34(23)27(37)22-13-20-21(32-22)8-7-9-24(20)38-3/h7-9,13,18-19,23,32H,4-6,10-12,14-15,17H2,1-3H3,(H,31,36)(H,33,35). The van der Waals surface area contributed by atoms with Crippen LogP contribution >= 0.6 is 0 Å². The molecule has 0 radical (unpaired) electrons. The van der Waals surface area contributed by atoms with E-state index in [1.807, 2.05) is 32.0 Å². The van der Waals surface area contributed by atoms with Crippen LogP contribution in [0.2, 0.25) is 0 Å². The smallest absolute Gasteiger partial charge is 0.271 e. The zero-order chi connectivity index (χ0) is 27.1. The number of likely N-dealkylation sites (tertiary alicyclic amines) is 1. The summed E-state index contributed by atoms with van der Waals surface area (Å²) in [6, 6.07) is 8.10. The van der Waals surface area contributed by atoms with Crippen molar-refractivity contribution in [1.29, 1.82) is 5.26 Å². The van der Waals surface area contributed by atoms with E-state index in [1.54, 1.807) is 18.1 Å². The second-order valence-corrected chi connectivity index (χ2v) is 12.0. The van der Waals surface area contributed by atoms with Crippen molar-refractivity contribution >= 4 is 28.6 Å². The van der Waals surface area contributed by atoms with Gasteiger partial charge in [-0.3, -0.25) is 14.4 Å². The van der Waals surface area contributed by atoms with Gasteiger partial charge >= 0.3 is 0 Å². The molecule has 3 N–H and O–H groups in total. The van der Waals surface area contributed by atoms with Crippen LogP contribution in [-0.2, 0) is 9.59 Å². The Bertz CT molecular complexity index is 1290. The van der Waals surface area contributed by atoms with Gasteiger partial charge in [0.25, 0.3) is 5.91 Å². The number of aromatic amines is 1. The first kappa shape index (κ1) is 26.1. The number of hydrogen-bond acceptors (Lipinski definition) is 5. The fourth-order valence-corrected chi connectivity index (χ4v) is 6.83. The van der Waals surface area contributed by atoms with E-state index in [4.69, 9.17) is 4.74 Å². The van der Waals surface area contributed by atoms with E-state index in [2.05, 4.69) is 21.7 Å². The molecule has 3 heterocycles. The lowest BCUT2D eigenvalue weighted by atomic mass is 9.72. The van der Waals surface area contributed by atoms with Gasteiger partial charge in [0, 0.05) is 28.9 Å². The zero-order valence-electron chi connectivity index (χ0n) is 22.4. The molecule has 0 bridgehead atoms. The molecular weight excluding hydrogens is 482 g/mol. The molecule has 1 aromatic heterocycles. The summed E-state index contributed by atoms with van der Waals surface area (Å²) < 4.78 is 5.46. The van der Waals surface area contributed by atoms with Crippen LogP contribution in [0, 0.1) is 22.7 Å². The molecule has 9 heteroatoms. The van der Waals surface area contributed by atoms with Crippen molar-refractivity contribution in [3.05, 3.63) is 30.0 Å². The summed E-state index contributed by atoms with van der Waals surface area (Å²) in [5.74, 6) is -0.289. The van der Waals surface area contributed by atoms with Crippen molar-refractivity contribution in [2.45, 2.75) is 82.8 Å². The van der Waals surface area contributed by atoms with E-state index in [9.17, 15) is 19.6 Å². The molecule has 1 aromatic carbocycles. The number of fused-ring (bicyclic) bond motifs is 1. The number of aromatic nitrogens is 1. The lowest BCUT2D eigenvalue weighted by molar-refractivity contribution is -0.126. The van der Waals surface area contributed by atoms with Crippen molar-refractivity contribution in [3.8, 4) is 11.8 Å². The minimum absolute atomic E-state index is 0.0856. The molecule has 202 valence electrons. The van der Waals surface area contributed by atoms with Crippen LogP contribution < -0.4 is 15.4 Å². The molecule has 5 rings (SSSR count). The summed E-state index contributed by atoms with van der Waals surface area (Å²) in [6.45, 7) is 4.43. The third kappa shape index (κ3) is 4.96. The number of carbonyl (C=O) groups excluding carboxylic acids is 3. The first-order valence-corrected chi connectivity index (χ1v) is 13.6. The van der Waals surface area contributed by atoms with Crippen molar-refractivity contribution in [2.75, 3.05) is 13.7 Å². The van der Waals surface area contributed by atoms with Gasteiger partial charge < -0.3 is 25.3 Å². The van der Waals surface area contributed by atoms with E-state index in [0.717, 1.165) is 36.6 Å². The molecule has 38 heavy (non-hydrogen) atoms. The number of rotatable bonds is 6. The second-order valence-electron chi connectivity index (χ2n) is 12.0. The Balaban J connectivity index is 1.37. The van der Waals surface area contributed by atoms with Crippen LogP contribution in [0.5, 0.6) is 5.75 Å². The number of nitriles is 1. The third-order valence-electron chi connectivity index (χ3n) is 8.64. The highest BCUT2D eigenvalue weighted by atomic mass is 16.5. The van der Waals surface area contributed by atoms with E-state index >= 15 is 0 Å². The maximum atomic E-state index is 13.9. The molecular formula is C29H37N5O4. The van der Waals surface area contributed by atoms with Gasteiger partial charge in [0.15, 0.2) is 0 Å². The van der Waals surface area contributed by atoms with Gasteiger partial charge in [-0.1, -0.05) is 25.3 Å². The van der Waals surface area contributed by atoms with Gasteiger partial charge in [-0.05, 0) is 69.6 Å². The van der Waals surface area contributed by atoms with E-state index < -0.39 is 12.1 Å². The second kappa shape index (κ2) is 9.97. The molecule has 3 aliphatic rings. The highest BCUT2D eigenvalue weighted by Gasteiger charge is 2.49. The molecule has 1 saturated carbocycles. The Morgan fingerprint density at radius 3 is 2.66 bits per heavy atom. The van der Waals surface area contributed by atoms with Crippen LogP contribution in [0.1, 0.15) is 75.7 Å². The number of benzene rings is 1. The number of nitrogens with one attached hydrogen (secondary N) is 3. The Morgan fingerprint density at radius 1 is 1.24 bits per heavy atom. The van der Waals surface area contributed by atoms with Gasteiger partial charge in [0.05, 0.1) is 13.2 Å². The fourth-order valence-electron chi connectivity index (χ4n) is 6.83. The number of carbonyl (C=O) groups is 3. The van der Waals surface area contributed by atoms with E-state index in [1.165, 1.54) is 6.42 Å². The molecule has 9 nitrogen and oxygen atoms in total. The molecule has 3 fully saturated rings. The first-order valence-electron chi connectivity index (χ1n) is 13.6. The van der Waals surface area contributed by atoms with Gasteiger partial charge in [-0.2, -0.15) is 5.26 Å². The van der Waals surface area contributed by atoms with E-state index in [-0.39, 0.29) is 41.0 Å². The molecule has 1 aliphatic carbocycles. The first-order chi connectivity index (χ1) is 18.1. The number of hydrogen-bond donors (Lipinski definition) is 3. The van der Waals surface area contributed by atoms with Crippen LogP contribution in [0.15, 0.2) is 24.3 Å². The predicted octanol–water partition coefficient (Wildman–Crippen LogP) is 3.65. The maximum absolute atomic E-state index is 13.9. The molecule has 3 amide bonds. The van der Waals surface area contributed by atoms with E-state index in [0.29, 0.717) is 30.8 Å². The Kier molecular flexibility index (Phi) is 6.84. The lowest BCUT2D eigenvalue weighted by Gasteiger charge is -2.32. The number of H-pyrrole nitrogens is 1. The normalized spacial score (nSPS) is 24.7. The van der Waals surface area contributed by atoms with Gasteiger partial charge in [-0.25, -0.2) is 0 Å². The average molecular weight is 520 g/mol. The van der Waals surface area contributed by atoms with Gasteiger partial charge in [-0.15, -0.1) is 0 Å². The quantitative estimate of drug-likeness (QED) is 0.537. The van der Waals surface area contributed by atoms with Crippen molar-refractivity contribution in [3.63, 3.8) is 0 Å².